The largest absolute Gasteiger partial charge is 0.348 e. The number of benzene rings is 3. The Morgan fingerprint density at radius 3 is 1.74 bits per heavy atom. The van der Waals surface area contributed by atoms with Gasteiger partial charge in [0.1, 0.15) is 5.54 Å². The third-order valence-corrected chi connectivity index (χ3v) is 8.95. The lowest BCUT2D eigenvalue weighted by Gasteiger charge is -2.46. The van der Waals surface area contributed by atoms with E-state index in [0.717, 1.165) is 37.3 Å². The van der Waals surface area contributed by atoms with E-state index in [-0.39, 0.29) is 18.0 Å². The summed E-state index contributed by atoms with van der Waals surface area (Å²) in [5, 5.41) is 5.70. The van der Waals surface area contributed by atoms with Crippen LogP contribution in [0.25, 0.3) is 0 Å². The van der Waals surface area contributed by atoms with E-state index < -0.39 is 5.54 Å². The zero-order valence-electron chi connectivity index (χ0n) is 21.5. The van der Waals surface area contributed by atoms with Crippen molar-refractivity contribution in [3.8, 4) is 0 Å². The van der Waals surface area contributed by atoms with Crippen molar-refractivity contribution in [1.82, 2.24) is 15.1 Å². The Labute approximate surface area is 244 Å². The molecule has 0 spiro atoms. The van der Waals surface area contributed by atoms with Crippen molar-refractivity contribution in [3.63, 3.8) is 0 Å². The van der Waals surface area contributed by atoms with E-state index in [4.69, 9.17) is 46.4 Å². The highest BCUT2D eigenvalue weighted by Gasteiger charge is 2.49. The third kappa shape index (κ3) is 5.72. The number of amides is 1. The summed E-state index contributed by atoms with van der Waals surface area (Å²) in [5.41, 5.74) is 3.83. The van der Waals surface area contributed by atoms with Crippen LogP contribution in [0.4, 0.5) is 0 Å². The summed E-state index contributed by atoms with van der Waals surface area (Å²) in [6.45, 7) is 7.43. The SMILES string of the molecule is C[C@H](c1cc(Cl)cc(Cl)c1)N1CCN(C2(C(=O)N[C@H](C)c3cc(Cl)cc(Cl)c3)Cc3ccccc3C2)CC1. The predicted octanol–water partition coefficient (Wildman–Crippen LogP) is 7.39. The van der Waals surface area contributed by atoms with Crippen LogP contribution in [0.3, 0.4) is 0 Å². The first-order valence-corrected chi connectivity index (χ1v) is 14.4. The van der Waals surface area contributed by atoms with Gasteiger partial charge in [-0.25, -0.2) is 0 Å². The molecule has 2 aliphatic rings. The molecule has 200 valence electrons. The average molecular weight is 591 g/mol. The van der Waals surface area contributed by atoms with Crippen molar-refractivity contribution in [2.24, 2.45) is 0 Å². The van der Waals surface area contributed by atoms with Crippen LogP contribution in [0.5, 0.6) is 0 Å². The van der Waals surface area contributed by atoms with Crippen LogP contribution in [0, 0.1) is 0 Å². The minimum absolute atomic E-state index is 0.0421. The standard InChI is InChI=1S/C30H31Cl4N3O/c1-19(23-11-25(31)15-26(32)12-23)35-29(38)30(17-21-5-3-4-6-22(21)18-30)37-9-7-36(8-10-37)20(2)24-13-27(33)16-28(34)14-24/h3-6,11-16,19-20H,7-10,17-18H2,1-2H3,(H,35,38)/t19-,20-/m1/s1. The van der Waals surface area contributed by atoms with Crippen LogP contribution >= 0.6 is 46.4 Å². The number of nitrogens with one attached hydrogen (secondary N) is 1. The Kier molecular flexibility index (Phi) is 8.31. The second-order valence-corrected chi connectivity index (χ2v) is 12.2. The van der Waals surface area contributed by atoms with Gasteiger partial charge in [-0.15, -0.1) is 0 Å². The summed E-state index contributed by atoms with van der Waals surface area (Å²) in [5.74, 6) is 0.0421. The molecular formula is C30H31Cl4N3O. The Hall–Kier alpha value is -1.79. The number of hydrogen-bond acceptors (Lipinski definition) is 3. The molecule has 3 aromatic carbocycles. The molecule has 0 bridgehead atoms. The molecule has 38 heavy (non-hydrogen) atoms. The molecule has 3 aromatic rings. The van der Waals surface area contributed by atoms with Gasteiger partial charge in [0.15, 0.2) is 0 Å². The Morgan fingerprint density at radius 1 is 0.763 bits per heavy atom. The highest BCUT2D eigenvalue weighted by Crippen LogP contribution is 2.37. The first-order valence-electron chi connectivity index (χ1n) is 12.9. The number of fused-ring (bicyclic) bond motifs is 1. The lowest BCUT2D eigenvalue weighted by Crippen LogP contribution is -2.64. The van der Waals surface area contributed by atoms with Crippen LogP contribution in [0.1, 0.15) is 48.2 Å². The molecule has 1 saturated heterocycles. The number of halogens is 4. The van der Waals surface area contributed by atoms with E-state index in [1.54, 1.807) is 12.1 Å². The van der Waals surface area contributed by atoms with Gasteiger partial charge in [-0.3, -0.25) is 14.6 Å². The molecule has 0 saturated carbocycles. The van der Waals surface area contributed by atoms with E-state index in [2.05, 4.69) is 46.3 Å². The summed E-state index contributed by atoms with van der Waals surface area (Å²) in [7, 11) is 0. The fourth-order valence-corrected chi connectivity index (χ4v) is 7.01. The molecule has 1 amide bonds. The Bertz CT molecular complexity index is 1270. The summed E-state index contributed by atoms with van der Waals surface area (Å²) in [6, 6.07) is 19.5. The van der Waals surface area contributed by atoms with E-state index >= 15 is 0 Å². The number of rotatable bonds is 6. The molecular weight excluding hydrogens is 560 g/mol. The van der Waals surface area contributed by atoms with E-state index in [0.29, 0.717) is 32.9 Å². The van der Waals surface area contributed by atoms with E-state index in [9.17, 15) is 4.79 Å². The highest BCUT2D eigenvalue weighted by molar-refractivity contribution is 6.35. The summed E-state index contributed by atoms with van der Waals surface area (Å²) in [6.07, 6.45) is 1.38. The molecule has 1 aliphatic carbocycles. The molecule has 1 fully saturated rings. The molecule has 5 rings (SSSR count). The monoisotopic (exact) mass is 589 g/mol. The van der Waals surface area contributed by atoms with Crippen molar-refractivity contribution < 1.29 is 4.79 Å². The summed E-state index contributed by atoms with van der Waals surface area (Å²) >= 11 is 25.0. The summed E-state index contributed by atoms with van der Waals surface area (Å²) in [4.78, 5) is 19.0. The van der Waals surface area contributed by atoms with Gasteiger partial charge in [0.2, 0.25) is 5.91 Å². The van der Waals surface area contributed by atoms with Crippen LogP contribution < -0.4 is 5.32 Å². The Balaban J connectivity index is 1.35. The smallest absolute Gasteiger partial charge is 0.241 e. The molecule has 0 radical (unpaired) electrons. The van der Waals surface area contributed by atoms with Gasteiger partial charge < -0.3 is 5.32 Å². The molecule has 1 N–H and O–H groups in total. The first-order chi connectivity index (χ1) is 18.1. The van der Waals surface area contributed by atoms with Crippen molar-refractivity contribution in [2.45, 2.75) is 44.3 Å². The van der Waals surface area contributed by atoms with Crippen LogP contribution in [-0.4, -0.2) is 47.4 Å². The number of piperazine rings is 1. The maximum absolute atomic E-state index is 14.1. The zero-order valence-corrected chi connectivity index (χ0v) is 24.5. The van der Waals surface area contributed by atoms with Crippen LogP contribution in [0.15, 0.2) is 60.7 Å². The molecule has 1 heterocycles. The van der Waals surface area contributed by atoms with Gasteiger partial charge in [0.25, 0.3) is 0 Å². The van der Waals surface area contributed by atoms with Crippen molar-refractivity contribution >= 4 is 52.3 Å². The van der Waals surface area contributed by atoms with Gasteiger partial charge in [-0.05, 0) is 72.5 Å². The van der Waals surface area contributed by atoms with Gasteiger partial charge in [-0.1, -0.05) is 70.7 Å². The quantitative estimate of drug-likeness (QED) is 0.325. The van der Waals surface area contributed by atoms with Crippen molar-refractivity contribution in [2.75, 3.05) is 26.2 Å². The van der Waals surface area contributed by atoms with Gasteiger partial charge in [0.05, 0.1) is 6.04 Å². The predicted molar refractivity (Wildman–Crippen MR) is 158 cm³/mol. The maximum atomic E-state index is 14.1. The van der Waals surface area contributed by atoms with Gasteiger partial charge in [-0.2, -0.15) is 0 Å². The second kappa shape index (κ2) is 11.4. The van der Waals surface area contributed by atoms with Crippen molar-refractivity contribution in [3.05, 3.63) is 103 Å². The maximum Gasteiger partial charge on any atom is 0.241 e. The van der Waals surface area contributed by atoms with Gasteiger partial charge >= 0.3 is 0 Å². The Morgan fingerprint density at radius 2 is 1.24 bits per heavy atom. The van der Waals surface area contributed by atoms with E-state index in [1.165, 1.54) is 11.1 Å². The topological polar surface area (TPSA) is 35.6 Å². The number of carbonyl (C=O) groups is 1. The zero-order chi connectivity index (χ0) is 27.0. The van der Waals surface area contributed by atoms with Gasteiger partial charge in [0, 0.05) is 65.2 Å². The average Bonchev–Trinajstić information content (AvgIpc) is 3.28. The number of hydrogen-bond donors (Lipinski definition) is 1. The molecule has 2 atom stereocenters. The lowest BCUT2D eigenvalue weighted by molar-refractivity contribution is -0.135. The number of nitrogens with zero attached hydrogens (tertiary/aromatic N) is 2. The van der Waals surface area contributed by atoms with Crippen LogP contribution in [0.2, 0.25) is 20.1 Å². The molecule has 4 nitrogen and oxygen atoms in total. The van der Waals surface area contributed by atoms with E-state index in [1.807, 2.05) is 31.2 Å². The fraction of sp³-hybridized carbons (Fsp3) is 0.367. The summed E-state index contributed by atoms with van der Waals surface area (Å²) < 4.78 is 0. The normalized spacial score (nSPS) is 19.1. The molecule has 8 heteroatoms. The van der Waals surface area contributed by atoms with Crippen molar-refractivity contribution in [1.29, 1.82) is 0 Å². The third-order valence-electron chi connectivity index (χ3n) is 8.07. The van der Waals surface area contributed by atoms with Crippen LogP contribution in [-0.2, 0) is 17.6 Å². The molecule has 0 unspecified atom stereocenters. The lowest BCUT2D eigenvalue weighted by atomic mass is 9.90. The number of carbonyl (C=O) groups excluding carboxylic acids is 1. The molecule has 0 aromatic heterocycles. The molecule has 1 aliphatic heterocycles. The fourth-order valence-electron chi connectivity index (χ4n) is 5.93. The minimum Gasteiger partial charge on any atom is -0.348 e. The first kappa shape index (κ1) is 27.8. The second-order valence-electron chi connectivity index (χ2n) is 10.5. The highest BCUT2D eigenvalue weighted by atomic mass is 35.5. The minimum atomic E-state index is -0.644.